The SMILES string of the molecule is C1=C\CC/C=C\CC/1.C1=C\CC/C=C\CC/1.C[O-].C[O-].[Rh].[Rh]. The molecule has 0 spiro atoms. The van der Waals surface area contributed by atoms with Crippen molar-refractivity contribution in [2.24, 2.45) is 0 Å². The van der Waals surface area contributed by atoms with Crippen molar-refractivity contribution in [3.63, 3.8) is 0 Å². The van der Waals surface area contributed by atoms with Gasteiger partial charge in [-0.05, 0) is 51.4 Å². The first-order chi connectivity index (χ1) is 10.0. The molecule has 0 aliphatic heterocycles. The molecule has 0 heterocycles. The molecule has 0 fully saturated rings. The smallest absolute Gasteiger partial charge is 0 e. The number of allylic oxidation sites excluding steroid dienone is 8. The fraction of sp³-hybridized carbons (Fsp3) is 0.556. The topological polar surface area (TPSA) is 46.1 Å². The van der Waals surface area contributed by atoms with E-state index in [9.17, 15) is 0 Å². The number of rotatable bonds is 0. The summed E-state index contributed by atoms with van der Waals surface area (Å²) in [7, 11) is 1.50. The summed E-state index contributed by atoms with van der Waals surface area (Å²) in [5.74, 6) is 0. The van der Waals surface area contributed by atoms with Crippen molar-refractivity contribution in [1.29, 1.82) is 0 Å². The van der Waals surface area contributed by atoms with Crippen LogP contribution in [0.3, 0.4) is 0 Å². The van der Waals surface area contributed by atoms with Crippen LogP contribution in [0.5, 0.6) is 0 Å². The van der Waals surface area contributed by atoms with Gasteiger partial charge in [-0.2, -0.15) is 14.2 Å². The Bertz CT molecular complexity index is 192. The van der Waals surface area contributed by atoms with Crippen LogP contribution in [0, 0.1) is 0 Å². The second-order valence-electron chi connectivity index (χ2n) is 4.20. The summed E-state index contributed by atoms with van der Waals surface area (Å²) >= 11 is 0. The summed E-state index contributed by atoms with van der Waals surface area (Å²) in [6, 6.07) is 0. The first-order valence-corrected chi connectivity index (χ1v) is 7.42. The molecule has 0 bridgehead atoms. The Labute approximate surface area is 163 Å². The van der Waals surface area contributed by atoms with E-state index in [-0.39, 0.29) is 39.0 Å². The molecule has 2 radical (unpaired) electrons. The Hall–Kier alpha value is 0.127. The van der Waals surface area contributed by atoms with Gasteiger partial charge in [-0.3, -0.25) is 0 Å². The largest absolute Gasteiger partial charge is 0.857 e. The predicted octanol–water partition coefficient (Wildman–Crippen LogP) is 3.29. The summed E-state index contributed by atoms with van der Waals surface area (Å²) in [6.45, 7) is 0. The molecule has 2 aliphatic carbocycles. The molecule has 0 atom stereocenters. The minimum atomic E-state index is 0. The maximum absolute atomic E-state index is 8.25. The maximum Gasteiger partial charge on any atom is 0 e. The number of hydrogen-bond acceptors (Lipinski definition) is 2. The van der Waals surface area contributed by atoms with Gasteiger partial charge in [0, 0.05) is 39.0 Å². The third kappa shape index (κ3) is 28.3. The van der Waals surface area contributed by atoms with Crippen molar-refractivity contribution in [3.05, 3.63) is 48.6 Å². The second kappa shape index (κ2) is 32.9. The fourth-order valence-corrected chi connectivity index (χ4v) is 1.71. The Morgan fingerprint density at radius 1 is 0.364 bits per heavy atom. The van der Waals surface area contributed by atoms with Gasteiger partial charge in [0.1, 0.15) is 0 Å². The molecule has 0 aromatic carbocycles. The summed E-state index contributed by atoms with van der Waals surface area (Å²) in [6.07, 6.45) is 28.0. The molecule has 0 amide bonds. The number of hydrogen-bond donors (Lipinski definition) is 0. The van der Waals surface area contributed by atoms with Crippen LogP contribution in [0.2, 0.25) is 0 Å². The molecule has 0 saturated carbocycles. The Morgan fingerprint density at radius 2 is 0.455 bits per heavy atom. The zero-order valence-corrected chi connectivity index (χ0v) is 17.0. The van der Waals surface area contributed by atoms with Gasteiger partial charge in [0.25, 0.3) is 0 Å². The van der Waals surface area contributed by atoms with E-state index in [4.69, 9.17) is 10.2 Å². The van der Waals surface area contributed by atoms with Crippen molar-refractivity contribution in [1.82, 2.24) is 0 Å². The van der Waals surface area contributed by atoms with E-state index in [1.54, 1.807) is 0 Å². The van der Waals surface area contributed by atoms with Crippen molar-refractivity contribution < 1.29 is 49.2 Å². The van der Waals surface area contributed by atoms with E-state index < -0.39 is 0 Å². The molecular weight excluding hydrogens is 454 g/mol. The monoisotopic (exact) mass is 484 g/mol. The molecule has 0 unspecified atom stereocenters. The van der Waals surface area contributed by atoms with Gasteiger partial charge in [-0.15, -0.1) is 0 Å². The van der Waals surface area contributed by atoms with Crippen LogP contribution in [-0.4, -0.2) is 14.2 Å². The van der Waals surface area contributed by atoms with Crippen LogP contribution in [0.25, 0.3) is 0 Å². The zero-order chi connectivity index (χ0) is 15.3. The van der Waals surface area contributed by atoms with Crippen LogP contribution in [-0.2, 0) is 39.0 Å². The van der Waals surface area contributed by atoms with E-state index >= 15 is 0 Å². The van der Waals surface area contributed by atoms with Gasteiger partial charge in [-0.25, -0.2) is 0 Å². The summed E-state index contributed by atoms with van der Waals surface area (Å²) in [5, 5.41) is 16.5. The van der Waals surface area contributed by atoms with Crippen molar-refractivity contribution in [3.8, 4) is 0 Å². The van der Waals surface area contributed by atoms with E-state index in [0.717, 1.165) is 14.2 Å². The van der Waals surface area contributed by atoms with Crippen LogP contribution in [0.1, 0.15) is 51.4 Å². The summed E-state index contributed by atoms with van der Waals surface area (Å²) < 4.78 is 0. The van der Waals surface area contributed by atoms with E-state index in [1.165, 1.54) is 51.4 Å². The Balaban J connectivity index is -0.000000112. The molecular formula is C18H30O2Rh2-2. The minimum absolute atomic E-state index is 0. The van der Waals surface area contributed by atoms with Gasteiger partial charge in [0.2, 0.25) is 0 Å². The average molecular weight is 484 g/mol. The van der Waals surface area contributed by atoms with Gasteiger partial charge >= 0.3 is 0 Å². The molecule has 0 aromatic heterocycles. The molecule has 134 valence electrons. The summed E-state index contributed by atoms with van der Waals surface area (Å²) in [5.41, 5.74) is 0. The van der Waals surface area contributed by atoms with E-state index in [2.05, 4.69) is 48.6 Å². The first-order valence-electron chi connectivity index (χ1n) is 7.42. The minimum Gasteiger partial charge on any atom is -0.857 e. The average Bonchev–Trinajstić information content (AvgIpc) is 2.42. The van der Waals surface area contributed by atoms with Crippen LogP contribution >= 0.6 is 0 Å². The van der Waals surface area contributed by atoms with Crippen molar-refractivity contribution in [2.75, 3.05) is 14.2 Å². The van der Waals surface area contributed by atoms with Gasteiger partial charge < -0.3 is 10.2 Å². The second-order valence-corrected chi connectivity index (χ2v) is 4.20. The van der Waals surface area contributed by atoms with E-state index in [0.29, 0.717) is 0 Å². The van der Waals surface area contributed by atoms with Gasteiger partial charge in [0.05, 0.1) is 0 Å². The molecule has 22 heavy (non-hydrogen) atoms. The summed E-state index contributed by atoms with van der Waals surface area (Å²) in [4.78, 5) is 0. The standard InChI is InChI=1S/2C8H12.2CH3O.2Rh/c2*1-2-4-6-8-7-5-3-1;2*1-2;;/h2*1-2,7-8H,3-6H2;2*1H3;;/q;;2*-1;;/b2*2-1-,8-7-;;;;. The van der Waals surface area contributed by atoms with E-state index in [1.807, 2.05) is 0 Å². The van der Waals surface area contributed by atoms with Gasteiger partial charge in [0.15, 0.2) is 0 Å². The molecule has 4 heteroatoms. The van der Waals surface area contributed by atoms with Crippen LogP contribution in [0.4, 0.5) is 0 Å². The first kappa shape index (κ1) is 30.1. The normalized spacial score (nSPS) is 20.9. The van der Waals surface area contributed by atoms with Crippen LogP contribution in [0.15, 0.2) is 48.6 Å². The fourth-order valence-electron chi connectivity index (χ4n) is 1.71. The van der Waals surface area contributed by atoms with Crippen molar-refractivity contribution in [2.45, 2.75) is 51.4 Å². The Kier molecular flexibility index (Phi) is 45.0. The molecule has 0 aromatic rings. The maximum atomic E-state index is 8.25. The van der Waals surface area contributed by atoms with Crippen molar-refractivity contribution >= 4 is 0 Å². The zero-order valence-electron chi connectivity index (χ0n) is 13.8. The molecule has 0 N–H and O–H groups in total. The van der Waals surface area contributed by atoms with Gasteiger partial charge in [-0.1, -0.05) is 48.6 Å². The third-order valence-corrected chi connectivity index (χ3v) is 2.67. The quantitative estimate of drug-likeness (QED) is 0.392. The molecule has 0 saturated heterocycles. The molecule has 2 rings (SSSR count). The third-order valence-electron chi connectivity index (χ3n) is 2.67. The molecule has 2 nitrogen and oxygen atoms in total. The Morgan fingerprint density at radius 3 is 0.545 bits per heavy atom. The molecule has 2 aliphatic rings. The van der Waals surface area contributed by atoms with Crippen LogP contribution < -0.4 is 10.2 Å². The predicted molar refractivity (Wildman–Crippen MR) is 85.3 cm³/mol.